The van der Waals surface area contributed by atoms with Gasteiger partial charge in [0.25, 0.3) is 0 Å². The Morgan fingerprint density at radius 3 is 2.15 bits per heavy atom. The molecule has 70 valence electrons. The molecule has 0 fully saturated rings. The van der Waals surface area contributed by atoms with Gasteiger partial charge >= 0.3 is 0 Å². The number of rotatable bonds is 1. The summed E-state index contributed by atoms with van der Waals surface area (Å²) >= 11 is 1.84. The van der Waals surface area contributed by atoms with Crippen LogP contribution in [0.5, 0.6) is 0 Å². The molecular formula is C11H13IO. The first-order valence-corrected chi connectivity index (χ1v) is 5.30. The highest BCUT2D eigenvalue weighted by molar-refractivity contribution is 14.1. The van der Waals surface area contributed by atoms with Crippen molar-refractivity contribution in [2.75, 3.05) is 0 Å². The van der Waals surface area contributed by atoms with Crippen molar-refractivity contribution in [1.82, 2.24) is 0 Å². The Hall–Kier alpha value is -0.380. The highest BCUT2D eigenvalue weighted by Gasteiger charge is 2.19. The molecule has 0 aliphatic carbocycles. The molecule has 0 aliphatic rings. The Labute approximate surface area is 92.7 Å². The second-order valence-corrected chi connectivity index (χ2v) is 5.05. The smallest absolute Gasteiger partial charge is 0.222 e. The van der Waals surface area contributed by atoms with Crippen LogP contribution < -0.4 is 0 Å². The minimum absolute atomic E-state index is 0.0391. The number of carbonyl (C=O) groups is 1. The van der Waals surface area contributed by atoms with Crippen LogP contribution in [0.15, 0.2) is 24.3 Å². The lowest BCUT2D eigenvalue weighted by Crippen LogP contribution is -2.14. The molecule has 1 nitrogen and oxygen atoms in total. The van der Waals surface area contributed by atoms with E-state index in [0.29, 0.717) is 0 Å². The molecule has 0 N–H and O–H groups in total. The number of hydrogen-bond acceptors (Lipinski definition) is 1. The highest BCUT2D eigenvalue weighted by Crippen LogP contribution is 2.26. The summed E-state index contributed by atoms with van der Waals surface area (Å²) in [7, 11) is 0. The van der Waals surface area contributed by atoms with Crippen molar-refractivity contribution < 1.29 is 4.79 Å². The van der Waals surface area contributed by atoms with Gasteiger partial charge in [-0.3, -0.25) is 4.79 Å². The summed E-state index contributed by atoms with van der Waals surface area (Å²) in [6.45, 7) is 6.35. The third kappa shape index (κ3) is 2.53. The van der Waals surface area contributed by atoms with Crippen LogP contribution in [0.1, 0.15) is 36.7 Å². The summed E-state index contributed by atoms with van der Waals surface area (Å²) in [6.07, 6.45) is 0. The number of carbonyl (C=O) groups excluding carboxylic acids is 1. The first-order chi connectivity index (χ1) is 5.93. The van der Waals surface area contributed by atoms with Gasteiger partial charge in [-0.25, -0.2) is 0 Å². The Morgan fingerprint density at radius 2 is 1.77 bits per heavy atom. The van der Waals surface area contributed by atoms with Crippen molar-refractivity contribution in [3.63, 3.8) is 0 Å². The molecule has 0 radical (unpaired) electrons. The molecule has 0 spiro atoms. The largest absolute Gasteiger partial charge is 0.282 e. The maximum absolute atomic E-state index is 11.3. The second-order valence-electron chi connectivity index (χ2n) is 4.07. The molecule has 13 heavy (non-hydrogen) atoms. The minimum atomic E-state index is 0.0391. The zero-order chi connectivity index (χ0) is 10.1. The van der Waals surface area contributed by atoms with Gasteiger partial charge in [0.2, 0.25) is 3.79 Å². The van der Waals surface area contributed by atoms with E-state index >= 15 is 0 Å². The molecule has 0 heterocycles. The summed E-state index contributed by atoms with van der Waals surface area (Å²) in [4.78, 5) is 11.3. The van der Waals surface area contributed by atoms with Crippen LogP contribution in [0.3, 0.4) is 0 Å². The Balaban J connectivity index is 3.28. The lowest BCUT2D eigenvalue weighted by Gasteiger charge is -2.21. The van der Waals surface area contributed by atoms with Gasteiger partial charge in [0, 0.05) is 28.2 Å². The van der Waals surface area contributed by atoms with Gasteiger partial charge in [0.1, 0.15) is 0 Å². The van der Waals surface area contributed by atoms with Crippen molar-refractivity contribution in [2.45, 2.75) is 26.2 Å². The van der Waals surface area contributed by atoms with E-state index in [9.17, 15) is 4.79 Å². The fraction of sp³-hybridized carbons (Fsp3) is 0.364. The fourth-order valence-corrected chi connectivity index (χ4v) is 1.78. The highest BCUT2D eigenvalue weighted by atomic mass is 127. The summed E-state index contributed by atoms with van der Waals surface area (Å²) in [5, 5.41) is 0. The van der Waals surface area contributed by atoms with E-state index < -0.39 is 0 Å². The van der Waals surface area contributed by atoms with E-state index in [2.05, 4.69) is 20.8 Å². The quantitative estimate of drug-likeness (QED) is 0.570. The van der Waals surface area contributed by atoms with Crippen molar-refractivity contribution in [3.05, 3.63) is 35.4 Å². The molecule has 0 saturated heterocycles. The van der Waals surface area contributed by atoms with Crippen LogP contribution in [0.4, 0.5) is 0 Å². The summed E-state index contributed by atoms with van der Waals surface area (Å²) in [5.41, 5.74) is 1.99. The molecule has 0 aliphatic heterocycles. The Morgan fingerprint density at radius 1 is 1.23 bits per heavy atom. The molecule has 0 amide bonds. The molecule has 1 aromatic carbocycles. The summed E-state index contributed by atoms with van der Waals surface area (Å²) in [5.74, 6) is 0. The number of hydrogen-bond donors (Lipinski definition) is 0. The van der Waals surface area contributed by atoms with E-state index in [-0.39, 0.29) is 9.20 Å². The van der Waals surface area contributed by atoms with Gasteiger partial charge in [-0.1, -0.05) is 45.0 Å². The van der Waals surface area contributed by atoms with E-state index in [1.54, 1.807) is 0 Å². The Kier molecular flexibility index (Phi) is 3.11. The average Bonchev–Trinajstić information content (AvgIpc) is 2.03. The van der Waals surface area contributed by atoms with Crippen molar-refractivity contribution in [3.8, 4) is 0 Å². The van der Waals surface area contributed by atoms with Gasteiger partial charge in [0.15, 0.2) is 0 Å². The number of benzene rings is 1. The van der Waals surface area contributed by atoms with Crippen molar-refractivity contribution in [1.29, 1.82) is 0 Å². The van der Waals surface area contributed by atoms with Crippen LogP contribution >= 0.6 is 22.6 Å². The van der Waals surface area contributed by atoms with Crippen LogP contribution in [-0.4, -0.2) is 3.79 Å². The van der Waals surface area contributed by atoms with E-state index in [4.69, 9.17) is 0 Å². The Bertz CT molecular complexity index is 323. The van der Waals surface area contributed by atoms with Gasteiger partial charge < -0.3 is 0 Å². The average molecular weight is 288 g/mol. The van der Waals surface area contributed by atoms with E-state index in [1.165, 1.54) is 0 Å². The first kappa shape index (κ1) is 10.7. The van der Waals surface area contributed by atoms with Crippen molar-refractivity contribution >= 4 is 26.4 Å². The van der Waals surface area contributed by atoms with E-state index in [0.717, 1.165) is 11.1 Å². The molecular weight excluding hydrogens is 275 g/mol. The molecule has 0 aromatic heterocycles. The lowest BCUT2D eigenvalue weighted by atomic mass is 9.84. The van der Waals surface area contributed by atoms with Crippen LogP contribution in [0, 0.1) is 0 Å². The predicted octanol–water partition coefficient (Wildman–Crippen LogP) is 3.56. The molecule has 1 aromatic rings. The maximum Gasteiger partial charge on any atom is 0.222 e. The molecule has 1 rings (SSSR count). The molecule has 0 atom stereocenters. The van der Waals surface area contributed by atoms with Gasteiger partial charge in [-0.15, -0.1) is 0 Å². The zero-order valence-electron chi connectivity index (χ0n) is 8.10. The second kappa shape index (κ2) is 3.78. The topological polar surface area (TPSA) is 17.1 Å². The van der Waals surface area contributed by atoms with Crippen molar-refractivity contribution in [2.24, 2.45) is 0 Å². The van der Waals surface area contributed by atoms with Crippen LogP contribution in [0.25, 0.3) is 0 Å². The van der Waals surface area contributed by atoms with Crippen LogP contribution in [-0.2, 0) is 5.41 Å². The minimum Gasteiger partial charge on any atom is -0.282 e. The molecule has 2 heteroatoms. The lowest BCUT2D eigenvalue weighted by molar-refractivity contribution is 0.110. The first-order valence-electron chi connectivity index (χ1n) is 4.22. The van der Waals surface area contributed by atoms with E-state index in [1.807, 2.05) is 46.9 Å². The SMILES string of the molecule is CC(C)(C)c1ccccc1C(=O)I. The van der Waals surface area contributed by atoms with Gasteiger partial charge in [-0.2, -0.15) is 0 Å². The predicted molar refractivity (Wildman–Crippen MR) is 63.5 cm³/mol. The third-order valence-electron chi connectivity index (χ3n) is 1.95. The van der Waals surface area contributed by atoms with Crippen LogP contribution in [0.2, 0.25) is 0 Å². The third-order valence-corrected chi connectivity index (χ3v) is 2.53. The molecule has 0 saturated carbocycles. The monoisotopic (exact) mass is 288 g/mol. The molecule has 0 unspecified atom stereocenters. The maximum atomic E-state index is 11.3. The van der Waals surface area contributed by atoms with Gasteiger partial charge in [-0.05, 0) is 11.0 Å². The standard InChI is InChI=1S/C11H13IO/c1-11(2,3)9-7-5-4-6-8(9)10(12)13/h4-7H,1-3H3. The van der Waals surface area contributed by atoms with Gasteiger partial charge in [0.05, 0.1) is 0 Å². The summed E-state index contributed by atoms with van der Waals surface area (Å²) < 4.78 is 0.114. The molecule has 0 bridgehead atoms. The number of halogens is 1. The zero-order valence-corrected chi connectivity index (χ0v) is 10.3. The normalized spacial score (nSPS) is 11.4. The fourth-order valence-electron chi connectivity index (χ4n) is 1.31. The summed E-state index contributed by atoms with van der Waals surface area (Å²) in [6, 6.07) is 7.78.